The minimum absolute atomic E-state index is 0.160. The zero-order valence-corrected chi connectivity index (χ0v) is 15.6. The molecular formula is C13H29N3O3PS+. The summed E-state index contributed by atoms with van der Waals surface area (Å²) in [6.07, 6.45) is -0.160. The van der Waals surface area contributed by atoms with Crippen molar-refractivity contribution in [3.05, 3.63) is 0 Å². The third-order valence-electron chi connectivity index (χ3n) is 2.55. The van der Waals surface area contributed by atoms with E-state index in [0.29, 0.717) is 5.92 Å². The van der Waals surface area contributed by atoms with Gasteiger partial charge in [0.25, 0.3) is 0 Å². The van der Waals surface area contributed by atoms with E-state index < -0.39 is 13.2 Å². The van der Waals surface area contributed by atoms with Gasteiger partial charge in [0.2, 0.25) is 0 Å². The zero-order chi connectivity index (χ0) is 16.4. The normalized spacial score (nSPS) is 15.1. The third-order valence-corrected chi connectivity index (χ3v) is 5.47. The van der Waals surface area contributed by atoms with Crippen LogP contribution in [0.3, 0.4) is 0 Å². The summed E-state index contributed by atoms with van der Waals surface area (Å²) in [4.78, 5) is 13.8. The van der Waals surface area contributed by atoms with Gasteiger partial charge in [0, 0.05) is 12.3 Å². The van der Waals surface area contributed by atoms with E-state index in [2.05, 4.69) is 15.3 Å². The molecule has 0 aromatic carbocycles. The lowest BCUT2D eigenvalue weighted by Gasteiger charge is -2.18. The number of rotatable bonds is 11. The molecule has 0 aromatic heterocycles. The predicted octanol–water partition coefficient (Wildman–Crippen LogP) is 1.70. The highest BCUT2D eigenvalue weighted by molar-refractivity contribution is 8.51. The fourth-order valence-corrected chi connectivity index (χ4v) is 4.54. The Morgan fingerprint density at radius 2 is 1.95 bits per heavy atom. The number of carbonyl (C=O) groups excluding carboxylic acids is 1. The fourth-order valence-electron chi connectivity index (χ4n) is 1.74. The summed E-state index contributed by atoms with van der Waals surface area (Å²) in [5.74, 6) is 0.815. The summed E-state index contributed by atoms with van der Waals surface area (Å²) in [7, 11) is 4.28. The van der Waals surface area contributed by atoms with Crippen molar-refractivity contribution in [1.82, 2.24) is 15.3 Å². The number of hydrogen-bond donors (Lipinski definition) is 2. The monoisotopic (exact) mass is 338 g/mol. The molecule has 0 fully saturated rings. The largest absolute Gasteiger partial charge is 0.507 e. The van der Waals surface area contributed by atoms with Crippen molar-refractivity contribution in [2.24, 2.45) is 5.92 Å². The van der Waals surface area contributed by atoms with Gasteiger partial charge in [-0.15, -0.1) is 0 Å². The number of nitrogens with zero attached hydrogens (tertiary/aromatic N) is 1. The standard InChI is InChI=1S/C13H29N3O3PS/c1-10(2)19-13(17)11(3)15-20(18)21-9-12(7-14-4)8-16(5)6/h10-12,14H,7-9H2,1-6H3,(H,15,18)/q+1/t11-,12?/m0/s1. The second kappa shape index (κ2) is 11.4. The van der Waals surface area contributed by atoms with E-state index in [1.165, 1.54) is 11.4 Å². The van der Waals surface area contributed by atoms with E-state index in [1.807, 2.05) is 21.1 Å². The molecule has 21 heavy (non-hydrogen) atoms. The number of ether oxygens (including phenoxy) is 1. The van der Waals surface area contributed by atoms with Crippen molar-refractivity contribution < 1.29 is 14.1 Å². The highest BCUT2D eigenvalue weighted by Crippen LogP contribution is 2.35. The maximum absolute atomic E-state index is 12.0. The SMILES string of the molecule is CNCC(CS[P+](=O)N[C@@H](C)C(=O)OC(C)C)CN(C)C. The smallest absolute Gasteiger partial charge is 0.462 e. The Kier molecular flexibility index (Phi) is 11.3. The van der Waals surface area contributed by atoms with Crippen molar-refractivity contribution in [3.63, 3.8) is 0 Å². The molecule has 3 atom stereocenters. The molecule has 8 heteroatoms. The van der Waals surface area contributed by atoms with Gasteiger partial charge < -0.3 is 15.0 Å². The van der Waals surface area contributed by atoms with Crippen LogP contribution in [0.1, 0.15) is 20.8 Å². The molecule has 0 amide bonds. The quantitative estimate of drug-likeness (QED) is 0.439. The van der Waals surface area contributed by atoms with Crippen LogP contribution < -0.4 is 10.4 Å². The van der Waals surface area contributed by atoms with Crippen molar-refractivity contribution in [1.29, 1.82) is 0 Å². The maximum Gasteiger partial charge on any atom is 0.507 e. The zero-order valence-electron chi connectivity index (χ0n) is 13.9. The van der Waals surface area contributed by atoms with Crippen molar-refractivity contribution in [2.45, 2.75) is 32.9 Å². The number of carbonyl (C=O) groups is 1. The molecule has 0 rings (SSSR count). The van der Waals surface area contributed by atoms with Gasteiger partial charge in [-0.25, -0.2) is 0 Å². The molecule has 2 unspecified atom stereocenters. The van der Waals surface area contributed by atoms with Gasteiger partial charge >= 0.3 is 13.1 Å². The summed E-state index contributed by atoms with van der Waals surface area (Å²) >= 11 is 1.35. The van der Waals surface area contributed by atoms with Gasteiger partial charge in [0.15, 0.2) is 0 Å². The van der Waals surface area contributed by atoms with Crippen LogP contribution in [-0.2, 0) is 14.1 Å². The molecule has 0 spiro atoms. The minimum atomic E-state index is -1.68. The number of esters is 1. The van der Waals surface area contributed by atoms with Gasteiger partial charge in [-0.2, -0.15) is 0 Å². The van der Waals surface area contributed by atoms with Crippen LogP contribution >= 0.6 is 18.5 Å². The average Bonchev–Trinajstić information content (AvgIpc) is 2.34. The molecule has 0 radical (unpaired) electrons. The van der Waals surface area contributed by atoms with Crippen molar-refractivity contribution in [3.8, 4) is 0 Å². The Balaban J connectivity index is 4.14. The molecule has 0 aliphatic heterocycles. The minimum Gasteiger partial charge on any atom is -0.462 e. The topological polar surface area (TPSA) is 70.7 Å². The predicted molar refractivity (Wildman–Crippen MR) is 89.9 cm³/mol. The summed E-state index contributed by atoms with van der Waals surface area (Å²) in [6.45, 7) is 7.07. The first-order valence-electron chi connectivity index (χ1n) is 7.12. The average molecular weight is 338 g/mol. The van der Waals surface area contributed by atoms with Crippen molar-refractivity contribution in [2.75, 3.05) is 40.0 Å². The lowest BCUT2D eigenvalue weighted by Crippen LogP contribution is -2.33. The summed E-state index contributed by atoms with van der Waals surface area (Å²) in [5.41, 5.74) is 0. The molecular weight excluding hydrogens is 309 g/mol. The Morgan fingerprint density at radius 1 is 1.33 bits per heavy atom. The van der Waals surface area contributed by atoms with Gasteiger partial charge in [-0.3, -0.25) is 4.79 Å². The lowest BCUT2D eigenvalue weighted by atomic mass is 10.2. The molecule has 0 heterocycles. The van der Waals surface area contributed by atoms with E-state index in [1.54, 1.807) is 20.8 Å². The van der Waals surface area contributed by atoms with E-state index >= 15 is 0 Å². The molecule has 6 nitrogen and oxygen atoms in total. The molecule has 0 saturated carbocycles. The first-order chi connectivity index (χ1) is 9.76. The van der Waals surface area contributed by atoms with E-state index in [4.69, 9.17) is 4.74 Å². The van der Waals surface area contributed by atoms with Gasteiger partial charge in [-0.05, 0) is 58.9 Å². The number of hydrogen-bond acceptors (Lipinski definition) is 6. The maximum atomic E-state index is 12.0. The van der Waals surface area contributed by atoms with Crippen LogP contribution in [0.4, 0.5) is 0 Å². The van der Waals surface area contributed by atoms with Crippen LogP contribution in [0, 0.1) is 5.92 Å². The molecule has 2 N–H and O–H groups in total. The first kappa shape index (κ1) is 20.8. The molecule has 0 aliphatic rings. The second-order valence-corrected chi connectivity index (χ2v) is 8.71. The van der Waals surface area contributed by atoms with Crippen LogP contribution in [0.2, 0.25) is 0 Å². The Morgan fingerprint density at radius 3 is 2.43 bits per heavy atom. The van der Waals surface area contributed by atoms with Gasteiger partial charge in [0.05, 0.1) is 6.10 Å². The van der Waals surface area contributed by atoms with Crippen molar-refractivity contribution >= 4 is 24.5 Å². The van der Waals surface area contributed by atoms with Crippen LogP contribution in [0.25, 0.3) is 0 Å². The number of nitrogens with one attached hydrogen (secondary N) is 2. The molecule has 124 valence electrons. The summed E-state index contributed by atoms with van der Waals surface area (Å²) < 4.78 is 17.1. The summed E-state index contributed by atoms with van der Waals surface area (Å²) in [6, 6.07) is -0.555. The van der Waals surface area contributed by atoms with E-state index in [-0.39, 0.29) is 12.1 Å². The summed E-state index contributed by atoms with van der Waals surface area (Å²) in [5, 5.41) is 5.95. The lowest BCUT2D eigenvalue weighted by molar-refractivity contribution is -0.148. The Labute approximate surface area is 133 Å². The molecule has 0 aromatic rings. The van der Waals surface area contributed by atoms with E-state index in [0.717, 1.165) is 18.8 Å². The fraction of sp³-hybridized carbons (Fsp3) is 0.923. The van der Waals surface area contributed by atoms with Crippen LogP contribution in [0.5, 0.6) is 0 Å². The third kappa shape index (κ3) is 11.1. The Bertz CT molecular complexity index is 330. The van der Waals surface area contributed by atoms with E-state index in [9.17, 15) is 9.36 Å². The first-order valence-corrected chi connectivity index (χ1v) is 9.97. The van der Waals surface area contributed by atoms with Gasteiger partial charge in [-0.1, -0.05) is 5.09 Å². The highest BCUT2D eigenvalue weighted by Gasteiger charge is 2.28. The van der Waals surface area contributed by atoms with Gasteiger partial charge in [0.1, 0.15) is 17.4 Å². The molecule has 0 saturated heterocycles. The second-order valence-electron chi connectivity index (χ2n) is 5.58. The highest BCUT2D eigenvalue weighted by atomic mass is 32.7. The van der Waals surface area contributed by atoms with Crippen LogP contribution in [0.15, 0.2) is 0 Å². The Hall–Kier alpha value is -0.200. The molecule has 0 bridgehead atoms. The molecule has 0 aliphatic carbocycles. The van der Waals surface area contributed by atoms with Crippen LogP contribution in [-0.4, -0.2) is 63.0 Å².